The summed E-state index contributed by atoms with van der Waals surface area (Å²) >= 11 is 5.99. The van der Waals surface area contributed by atoms with Crippen LogP contribution in [0, 0.1) is 10.1 Å². The fourth-order valence-corrected chi connectivity index (χ4v) is 3.02. The van der Waals surface area contributed by atoms with E-state index in [0.29, 0.717) is 10.8 Å². The van der Waals surface area contributed by atoms with Crippen molar-refractivity contribution in [2.45, 2.75) is 18.4 Å². The van der Waals surface area contributed by atoms with Crippen molar-refractivity contribution in [1.29, 1.82) is 0 Å². The second kappa shape index (κ2) is 6.56. The van der Waals surface area contributed by atoms with Crippen molar-refractivity contribution >= 4 is 17.3 Å². The van der Waals surface area contributed by atoms with Crippen LogP contribution in [0.25, 0.3) is 0 Å². The Morgan fingerprint density at radius 1 is 1.04 bits per heavy atom. The number of benzene rings is 2. The van der Waals surface area contributed by atoms with Crippen molar-refractivity contribution in [1.82, 2.24) is 5.32 Å². The third-order valence-electron chi connectivity index (χ3n) is 4.14. The Hall–Kier alpha value is -2.11. The van der Waals surface area contributed by atoms with Gasteiger partial charge in [0.25, 0.3) is 5.69 Å². The predicted molar refractivity (Wildman–Crippen MR) is 89.0 cm³/mol. The summed E-state index contributed by atoms with van der Waals surface area (Å²) in [6.07, 6.45) is 1.65. The van der Waals surface area contributed by atoms with Crippen molar-refractivity contribution in [3.05, 3.63) is 69.2 Å². The van der Waals surface area contributed by atoms with Crippen LogP contribution in [0.3, 0.4) is 0 Å². The quantitative estimate of drug-likeness (QED) is 0.681. The molecule has 1 heterocycles. The molecule has 23 heavy (non-hydrogen) atoms. The average molecular weight is 333 g/mol. The van der Waals surface area contributed by atoms with Gasteiger partial charge in [0, 0.05) is 30.0 Å². The predicted octanol–water partition coefficient (Wildman–Crippen LogP) is 3.91. The second-order valence-electron chi connectivity index (χ2n) is 5.60. The SMILES string of the molecule is O=[N+]([O-])c1ccc(OC2(c3ccc(Cl)cc3)CCNCC2)cc1. The Kier molecular flexibility index (Phi) is 4.50. The first kappa shape index (κ1) is 15.8. The maximum Gasteiger partial charge on any atom is 0.269 e. The summed E-state index contributed by atoms with van der Waals surface area (Å²) in [5.41, 5.74) is 0.691. The first-order valence-electron chi connectivity index (χ1n) is 7.49. The number of hydrogen-bond donors (Lipinski definition) is 1. The molecule has 120 valence electrons. The maximum atomic E-state index is 10.8. The van der Waals surface area contributed by atoms with Gasteiger partial charge in [-0.2, -0.15) is 0 Å². The lowest BCUT2D eigenvalue weighted by atomic mass is 9.84. The number of nitrogens with zero attached hydrogens (tertiary/aromatic N) is 1. The molecule has 0 atom stereocenters. The third kappa shape index (κ3) is 3.46. The number of nitrogens with one attached hydrogen (secondary N) is 1. The topological polar surface area (TPSA) is 64.4 Å². The van der Waals surface area contributed by atoms with Crippen LogP contribution in [-0.2, 0) is 5.60 Å². The molecule has 5 nitrogen and oxygen atoms in total. The van der Waals surface area contributed by atoms with Gasteiger partial charge in [0.2, 0.25) is 0 Å². The normalized spacial score (nSPS) is 16.7. The molecule has 2 aromatic carbocycles. The maximum absolute atomic E-state index is 10.8. The molecule has 0 radical (unpaired) electrons. The van der Waals surface area contributed by atoms with Crippen molar-refractivity contribution in [3.63, 3.8) is 0 Å². The number of nitro benzene ring substituents is 1. The van der Waals surface area contributed by atoms with Crippen molar-refractivity contribution in [3.8, 4) is 5.75 Å². The van der Waals surface area contributed by atoms with Gasteiger partial charge in [0.15, 0.2) is 0 Å². The summed E-state index contributed by atoms with van der Waals surface area (Å²) in [6.45, 7) is 1.71. The van der Waals surface area contributed by atoms with Gasteiger partial charge in [-0.05, 0) is 42.9 Å². The zero-order chi connectivity index (χ0) is 16.3. The van der Waals surface area contributed by atoms with E-state index in [4.69, 9.17) is 16.3 Å². The Balaban J connectivity index is 1.90. The number of hydrogen-bond acceptors (Lipinski definition) is 4. The minimum Gasteiger partial charge on any atom is -0.482 e. The molecule has 0 aliphatic carbocycles. The van der Waals surface area contributed by atoms with E-state index in [0.717, 1.165) is 31.5 Å². The summed E-state index contributed by atoms with van der Waals surface area (Å²) in [4.78, 5) is 10.3. The standard InChI is InChI=1S/C17H17ClN2O3/c18-14-3-1-13(2-4-14)17(9-11-19-12-10-17)23-16-7-5-15(6-8-16)20(21)22/h1-8,19H,9-12H2. The molecule has 2 aromatic rings. The Morgan fingerprint density at radius 3 is 2.22 bits per heavy atom. The zero-order valence-electron chi connectivity index (χ0n) is 12.5. The lowest BCUT2D eigenvalue weighted by Gasteiger charge is -2.38. The van der Waals surface area contributed by atoms with Crippen molar-refractivity contribution < 1.29 is 9.66 Å². The fourth-order valence-electron chi connectivity index (χ4n) is 2.90. The highest BCUT2D eigenvalue weighted by atomic mass is 35.5. The molecule has 0 amide bonds. The first-order valence-corrected chi connectivity index (χ1v) is 7.87. The second-order valence-corrected chi connectivity index (χ2v) is 6.04. The molecule has 1 aliphatic heterocycles. The highest BCUT2D eigenvalue weighted by Gasteiger charge is 2.36. The molecule has 0 saturated carbocycles. The van der Waals surface area contributed by atoms with E-state index < -0.39 is 10.5 Å². The highest BCUT2D eigenvalue weighted by molar-refractivity contribution is 6.30. The molecule has 0 aromatic heterocycles. The molecule has 0 unspecified atom stereocenters. The Morgan fingerprint density at radius 2 is 1.65 bits per heavy atom. The van der Waals surface area contributed by atoms with Crippen LogP contribution in [-0.4, -0.2) is 18.0 Å². The number of rotatable bonds is 4. The molecule has 1 aliphatic rings. The minimum atomic E-state index is -0.439. The number of nitro groups is 1. The monoisotopic (exact) mass is 332 g/mol. The van der Waals surface area contributed by atoms with Crippen LogP contribution in [0.5, 0.6) is 5.75 Å². The van der Waals surface area contributed by atoms with Crippen LogP contribution >= 0.6 is 11.6 Å². The average Bonchev–Trinajstić information content (AvgIpc) is 2.57. The molecule has 1 saturated heterocycles. The van der Waals surface area contributed by atoms with Gasteiger partial charge < -0.3 is 10.1 Å². The van der Waals surface area contributed by atoms with Crippen molar-refractivity contribution in [2.75, 3.05) is 13.1 Å². The van der Waals surface area contributed by atoms with Gasteiger partial charge in [-0.1, -0.05) is 23.7 Å². The van der Waals surface area contributed by atoms with Crippen molar-refractivity contribution in [2.24, 2.45) is 0 Å². The van der Waals surface area contributed by atoms with E-state index in [2.05, 4.69) is 5.32 Å². The molecule has 3 rings (SSSR count). The smallest absolute Gasteiger partial charge is 0.269 e. The Labute approximate surface area is 139 Å². The van der Waals surface area contributed by atoms with Crippen LogP contribution in [0.15, 0.2) is 48.5 Å². The number of non-ortho nitro benzene ring substituents is 1. The molecular formula is C17H17ClN2O3. The summed E-state index contributed by atoms with van der Waals surface area (Å²) in [7, 11) is 0. The van der Waals surface area contributed by atoms with Gasteiger partial charge >= 0.3 is 0 Å². The fraction of sp³-hybridized carbons (Fsp3) is 0.294. The van der Waals surface area contributed by atoms with Gasteiger partial charge in [-0.3, -0.25) is 10.1 Å². The summed E-state index contributed by atoms with van der Waals surface area (Å²) in [5, 5.41) is 14.8. The molecular weight excluding hydrogens is 316 g/mol. The number of halogens is 1. The molecule has 1 fully saturated rings. The van der Waals surface area contributed by atoms with E-state index in [1.54, 1.807) is 12.1 Å². The van der Waals surface area contributed by atoms with E-state index in [1.165, 1.54) is 12.1 Å². The number of ether oxygens (including phenoxy) is 1. The van der Waals surface area contributed by atoms with Gasteiger partial charge in [0.1, 0.15) is 11.4 Å². The number of piperidine rings is 1. The van der Waals surface area contributed by atoms with E-state index >= 15 is 0 Å². The van der Waals surface area contributed by atoms with Gasteiger partial charge in [-0.15, -0.1) is 0 Å². The zero-order valence-corrected chi connectivity index (χ0v) is 13.3. The third-order valence-corrected chi connectivity index (χ3v) is 4.39. The Bertz CT molecular complexity index is 680. The van der Waals surface area contributed by atoms with E-state index in [9.17, 15) is 10.1 Å². The summed E-state index contributed by atoms with van der Waals surface area (Å²) in [6, 6.07) is 13.9. The largest absolute Gasteiger partial charge is 0.482 e. The molecule has 0 bridgehead atoms. The lowest BCUT2D eigenvalue weighted by Crippen LogP contribution is -2.44. The van der Waals surface area contributed by atoms with E-state index in [1.807, 2.05) is 24.3 Å². The summed E-state index contributed by atoms with van der Waals surface area (Å²) in [5.74, 6) is 0.632. The van der Waals surface area contributed by atoms with Crippen LogP contribution in [0.4, 0.5) is 5.69 Å². The van der Waals surface area contributed by atoms with Crippen LogP contribution in [0.1, 0.15) is 18.4 Å². The van der Waals surface area contributed by atoms with E-state index in [-0.39, 0.29) is 5.69 Å². The first-order chi connectivity index (χ1) is 11.1. The molecule has 6 heteroatoms. The van der Waals surface area contributed by atoms with Gasteiger partial charge in [0.05, 0.1) is 4.92 Å². The molecule has 1 N–H and O–H groups in total. The van der Waals surface area contributed by atoms with Crippen LogP contribution < -0.4 is 10.1 Å². The highest BCUT2D eigenvalue weighted by Crippen LogP contribution is 2.37. The lowest BCUT2D eigenvalue weighted by molar-refractivity contribution is -0.384. The van der Waals surface area contributed by atoms with Crippen LogP contribution in [0.2, 0.25) is 5.02 Å². The van der Waals surface area contributed by atoms with Gasteiger partial charge in [-0.25, -0.2) is 0 Å². The minimum absolute atomic E-state index is 0.0585. The summed E-state index contributed by atoms with van der Waals surface area (Å²) < 4.78 is 6.30. The molecule has 0 spiro atoms.